The van der Waals surface area contributed by atoms with Crippen LogP contribution in [0.15, 0.2) is 30.5 Å². The molecule has 1 atom stereocenters. The third-order valence-electron chi connectivity index (χ3n) is 3.23. The van der Waals surface area contributed by atoms with E-state index in [9.17, 15) is 13.6 Å². The Labute approximate surface area is 141 Å². The number of hydrogen-bond acceptors (Lipinski definition) is 5. The van der Waals surface area contributed by atoms with Gasteiger partial charge in [-0.15, -0.1) is 11.3 Å². The first-order valence-corrected chi connectivity index (χ1v) is 9.09. The van der Waals surface area contributed by atoms with Gasteiger partial charge in [0.25, 0.3) is 0 Å². The highest BCUT2D eigenvalue weighted by Gasteiger charge is 2.17. The summed E-state index contributed by atoms with van der Waals surface area (Å²) in [6, 6.07) is 6.46. The predicted octanol–water partition coefficient (Wildman–Crippen LogP) is 2.73. The zero-order valence-electron chi connectivity index (χ0n) is 12.9. The Morgan fingerprint density at radius 2 is 1.96 bits per heavy atom. The largest absolute Gasteiger partial charge is 0.772 e. The average molecular weight is 352 g/mol. The third kappa shape index (κ3) is 4.85. The first-order chi connectivity index (χ1) is 10.9. The summed E-state index contributed by atoms with van der Waals surface area (Å²) < 4.78 is 21.4. The molecule has 2 aromatic rings. The van der Waals surface area contributed by atoms with Crippen molar-refractivity contribution in [1.29, 1.82) is 0 Å². The van der Waals surface area contributed by atoms with Crippen LogP contribution in [-0.4, -0.2) is 19.8 Å². The van der Waals surface area contributed by atoms with Crippen LogP contribution in [0.5, 0.6) is 0 Å². The summed E-state index contributed by atoms with van der Waals surface area (Å²) in [5.74, 6) is 0.313. The van der Waals surface area contributed by atoms with Gasteiger partial charge in [0.1, 0.15) is 0 Å². The van der Waals surface area contributed by atoms with E-state index in [1.54, 1.807) is 30.5 Å². The molecule has 23 heavy (non-hydrogen) atoms. The van der Waals surface area contributed by atoms with Crippen molar-refractivity contribution in [3.63, 3.8) is 0 Å². The molecular weight excluding hydrogens is 334 g/mol. The number of primary amides is 1. The number of nitrogens with zero attached hydrogens (tertiary/aromatic N) is 2. The van der Waals surface area contributed by atoms with Crippen LogP contribution in [0, 0.1) is 0 Å². The van der Waals surface area contributed by atoms with Gasteiger partial charge < -0.3 is 10.3 Å². The van der Waals surface area contributed by atoms with Crippen molar-refractivity contribution in [1.82, 2.24) is 4.98 Å². The van der Waals surface area contributed by atoms with Crippen LogP contribution in [0.25, 0.3) is 0 Å². The molecule has 0 bridgehead atoms. The molecule has 0 spiro atoms. The second kappa shape index (κ2) is 7.67. The summed E-state index contributed by atoms with van der Waals surface area (Å²) in [5, 5.41) is 0.561. The minimum atomic E-state index is -2.12. The summed E-state index contributed by atoms with van der Waals surface area (Å²) in [4.78, 5) is 18.5. The van der Waals surface area contributed by atoms with Crippen LogP contribution < -0.4 is 10.6 Å². The third-order valence-corrected chi connectivity index (χ3v) is 5.12. The van der Waals surface area contributed by atoms with Crippen LogP contribution in [0.4, 0.5) is 9.93 Å². The molecule has 2 rings (SSSR count). The van der Waals surface area contributed by atoms with Gasteiger partial charge in [0.15, 0.2) is 5.13 Å². The van der Waals surface area contributed by atoms with Crippen LogP contribution in [-0.2, 0) is 23.4 Å². The lowest BCUT2D eigenvalue weighted by atomic mass is 10.1. The lowest BCUT2D eigenvalue weighted by Crippen LogP contribution is -2.35. The van der Waals surface area contributed by atoms with Gasteiger partial charge in [0.2, 0.25) is 0 Å². The molecule has 1 unspecified atom stereocenters. The SMILES string of the molecule is CC(C)c1cnc(N(Cc2ccc(CS(=O)[O-])cc2)C(N)=O)s1. The molecule has 6 nitrogen and oxygen atoms in total. The number of benzene rings is 1. The number of carbonyl (C=O) groups is 1. The van der Waals surface area contributed by atoms with Gasteiger partial charge in [-0.2, -0.15) is 0 Å². The molecule has 1 aromatic heterocycles. The van der Waals surface area contributed by atoms with Crippen LogP contribution in [0.2, 0.25) is 0 Å². The molecule has 2 N–H and O–H groups in total. The van der Waals surface area contributed by atoms with E-state index >= 15 is 0 Å². The van der Waals surface area contributed by atoms with Crippen LogP contribution in [0.3, 0.4) is 0 Å². The summed E-state index contributed by atoms with van der Waals surface area (Å²) in [6.07, 6.45) is 1.76. The Morgan fingerprint density at radius 3 is 2.43 bits per heavy atom. The van der Waals surface area contributed by atoms with Gasteiger partial charge in [0, 0.05) is 16.8 Å². The van der Waals surface area contributed by atoms with E-state index in [1.165, 1.54) is 16.2 Å². The number of aromatic nitrogens is 1. The average Bonchev–Trinajstić information content (AvgIpc) is 2.95. The summed E-state index contributed by atoms with van der Waals surface area (Å²) in [5.41, 5.74) is 7.02. The van der Waals surface area contributed by atoms with Gasteiger partial charge in [-0.25, -0.2) is 9.78 Å². The molecule has 1 heterocycles. The van der Waals surface area contributed by atoms with E-state index < -0.39 is 17.1 Å². The number of carbonyl (C=O) groups excluding carboxylic acids is 1. The molecule has 0 saturated heterocycles. The van der Waals surface area contributed by atoms with Gasteiger partial charge >= 0.3 is 6.03 Å². The van der Waals surface area contributed by atoms with Gasteiger partial charge in [-0.3, -0.25) is 9.11 Å². The number of hydrogen-bond donors (Lipinski definition) is 1. The number of rotatable bonds is 6. The number of urea groups is 1. The lowest BCUT2D eigenvalue weighted by Gasteiger charge is -2.17. The predicted molar refractivity (Wildman–Crippen MR) is 91.0 cm³/mol. The van der Waals surface area contributed by atoms with Crippen molar-refractivity contribution in [2.45, 2.75) is 32.1 Å². The zero-order chi connectivity index (χ0) is 17.0. The Kier molecular flexibility index (Phi) is 5.86. The number of nitrogens with two attached hydrogens (primary N) is 1. The summed E-state index contributed by atoms with van der Waals surface area (Å²) in [7, 11) is 0. The topological polar surface area (TPSA) is 99.3 Å². The summed E-state index contributed by atoms with van der Waals surface area (Å²) in [6.45, 7) is 4.41. The van der Waals surface area contributed by atoms with Gasteiger partial charge in [0.05, 0.1) is 6.54 Å². The van der Waals surface area contributed by atoms with E-state index in [0.717, 1.165) is 10.4 Å². The van der Waals surface area contributed by atoms with Crippen molar-refractivity contribution >= 4 is 33.6 Å². The Balaban J connectivity index is 2.15. The smallest absolute Gasteiger partial charge is 0.321 e. The van der Waals surface area contributed by atoms with Gasteiger partial charge in [-0.05, 0) is 17.0 Å². The second-order valence-corrected chi connectivity index (χ2v) is 7.33. The van der Waals surface area contributed by atoms with Crippen molar-refractivity contribution in [3.05, 3.63) is 46.5 Å². The highest BCUT2D eigenvalue weighted by Crippen LogP contribution is 2.28. The minimum Gasteiger partial charge on any atom is -0.772 e. The number of thiazole rings is 1. The Morgan fingerprint density at radius 1 is 1.35 bits per heavy atom. The first kappa shape index (κ1) is 17.6. The normalized spacial score (nSPS) is 12.3. The first-order valence-electron chi connectivity index (χ1n) is 7.03. The maximum Gasteiger partial charge on any atom is 0.321 e. The minimum absolute atomic E-state index is 0.0238. The zero-order valence-corrected chi connectivity index (χ0v) is 14.5. The molecule has 1 aromatic carbocycles. The molecule has 0 aliphatic heterocycles. The molecular formula is C15H18N3O3S2-. The van der Waals surface area contributed by atoms with Crippen LogP contribution in [0.1, 0.15) is 35.8 Å². The monoisotopic (exact) mass is 352 g/mol. The van der Waals surface area contributed by atoms with E-state index in [0.29, 0.717) is 23.2 Å². The van der Waals surface area contributed by atoms with E-state index in [-0.39, 0.29) is 5.75 Å². The number of amides is 2. The van der Waals surface area contributed by atoms with E-state index in [1.807, 2.05) is 0 Å². The van der Waals surface area contributed by atoms with Crippen LogP contribution >= 0.6 is 11.3 Å². The summed E-state index contributed by atoms with van der Waals surface area (Å²) >= 11 is -0.675. The van der Waals surface area contributed by atoms with Gasteiger partial charge in [-0.1, -0.05) is 49.2 Å². The second-order valence-electron chi connectivity index (χ2n) is 5.39. The fourth-order valence-electron chi connectivity index (χ4n) is 1.97. The Hall–Kier alpha value is -1.77. The maximum atomic E-state index is 11.7. The fraction of sp³-hybridized carbons (Fsp3) is 0.333. The van der Waals surface area contributed by atoms with Crippen molar-refractivity contribution in [2.24, 2.45) is 5.73 Å². The van der Waals surface area contributed by atoms with Crippen molar-refractivity contribution in [2.75, 3.05) is 4.90 Å². The highest BCUT2D eigenvalue weighted by atomic mass is 32.2. The van der Waals surface area contributed by atoms with E-state index in [2.05, 4.69) is 18.8 Å². The standard InChI is InChI=1S/C15H19N3O3S2/c1-10(2)13-7-17-15(22-13)18(14(16)19)8-11-3-5-12(6-4-11)9-23(20)21/h3-7,10H,8-9H2,1-2H3,(H2,16,19)(H,20,21)/p-1. The molecule has 0 aliphatic carbocycles. The molecule has 0 fully saturated rings. The molecule has 2 amide bonds. The Bertz CT molecular complexity index is 698. The van der Waals surface area contributed by atoms with Crippen molar-refractivity contribution < 1.29 is 13.6 Å². The van der Waals surface area contributed by atoms with E-state index in [4.69, 9.17) is 5.73 Å². The fourth-order valence-corrected chi connectivity index (χ4v) is 3.35. The molecule has 0 saturated carbocycles. The highest BCUT2D eigenvalue weighted by molar-refractivity contribution is 7.78. The van der Waals surface area contributed by atoms with Crippen molar-refractivity contribution in [3.8, 4) is 0 Å². The lowest BCUT2D eigenvalue weighted by molar-refractivity contribution is 0.253. The molecule has 124 valence electrons. The maximum absolute atomic E-state index is 11.7. The molecule has 0 aliphatic rings. The number of anilines is 1. The molecule has 0 radical (unpaired) electrons. The quantitative estimate of drug-likeness (QED) is 0.808. The molecule has 8 heteroatoms.